The van der Waals surface area contributed by atoms with E-state index in [9.17, 15) is 0 Å². The first-order chi connectivity index (χ1) is 16.5. The van der Waals surface area contributed by atoms with Crippen molar-refractivity contribution in [3.63, 3.8) is 0 Å². The minimum atomic E-state index is 0.222. The van der Waals surface area contributed by atoms with E-state index in [0.29, 0.717) is 44.6 Å². The van der Waals surface area contributed by atoms with Gasteiger partial charge < -0.3 is 21.5 Å². The Morgan fingerprint density at radius 3 is 1.60 bits per heavy atom. The number of aliphatic hydroxyl groups excluding tert-OH is 1. The highest BCUT2D eigenvalue weighted by molar-refractivity contribution is 6.33. The fraction of sp³-hybridized carbons (Fsp3) is 0.429. The molecule has 0 radical (unpaired) electrons. The number of aromatic nitrogens is 6. The molecule has 0 aliphatic carbocycles. The zero-order valence-corrected chi connectivity index (χ0v) is 22.1. The van der Waals surface area contributed by atoms with Crippen molar-refractivity contribution in [2.45, 2.75) is 20.8 Å². The molecular formula is C21H29Cl3N10O. The van der Waals surface area contributed by atoms with E-state index in [1.54, 1.807) is 13.8 Å². The second-order valence-electron chi connectivity index (χ2n) is 7.47. The van der Waals surface area contributed by atoms with Gasteiger partial charge in [0.05, 0.1) is 6.61 Å². The van der Waals surface area contributed by atoms with Crippen LogP contribution in [0.3, 0.4) is 0 Å². The van der Waals surface area contributed by atoms with Crippen LogP contribution in [0.5, 0.6) is 0 Å². The first kappa shape index (κ1) is 28.7. The Morgan fingerprint density at radius 2 is 1.17 bits per heavy atom. The molecule has 0 spiro atoms. The fourth-order valence-corrected chi connectivity index (χ4v) is 3.87. The van der Waals surface area contributed by atoms with Crippen molar-refractivity contribution in [2.24, 2.45) is 0 Å². The van der Waals surface area contributed by atoms with Crippen LogP contribution in [0, 0.1) is 20.8 Å². The van der Waals surface area contributed by atoms with Gasteiger partial charge in [-0.1, -0.05) is 34.8 Å². The van der Waals surface area contributed by atoms with E-state index < -0.39 is 0 Å². The van der Waals surface area contributed by atoms with Crippen LogP contribution in [0.25, 0.3) is 0 Å². The first-order valence-electron chi connectivity index (χ1n) is 10.7. The van der Waals surface area contributed by atoms with Gasteiger partial charge in [-0.25, -0.2) is 29.9 Å². The Morgan fingerprint density at radius 1 is 0.714 bits per heavy atom. The Labute approximate surface area is 219 Å². The topological polar surface area (TPSA) is 156 Å². The number of aryl methyl sites for hydroxylation is 3. The molecule has 1 saturated heterocycles. The summed E-state index contributed by atoms with van der Waals surface area (Å²) in [6, 6.07) is 4.82. The quantitative estimate of drug-likeness (QED) is 0.417. The van der Waals surface area contributed by atoms with Crippen LogP contribution in [0.15, 0.2) is 18.2 Å². The number of nitrogens with two attached hydrogens (primary N) is 2. The molecule has 1 fully saturated rings. The maximum Gasteiger partial charge on any atom is 0.134 e. The predicted molar refractivity (Wildman–Crippen MR) is 140 cm³/mol. The van der Waals surface area contributed by atoms with Gasteiger partial charge in [-0.3, -0.25) is 4.90 Å². The van der Waals surface area contributed by atoms with Gasteiger partial charge >= 0.3 is 0 Å². The number of nitrogens with zero attached hydrogens (tertiary/aromatic N) is 8. The summed E-state index contributed by atoms with van der Waals surface area (Å²) in [5.74, 6) is 3.72. The van der Waals surface area contributed by atoms with Gasteiger partial charge in [0.25, 0.3) is 0 Å². The molecule has 0 atom stereocenters. The number of rotatable bonds is 3. The molecular weight excluding hydrogens is 515 g/mol. The maximum absolute atomic E-state index is 8.88. The minimum absolute atomic E-state index is 0.222. The summed E-state index contributed by atoms with van der Waals surface area (Å²) in [5, 5.41) is 10.0. The molecule has 0 aromatic carbocycles. The zero-order valence-electron chi connectivity index (χ0n) is 19.8. The number of aliphatic hydroxyl groups is 1. The largest absolute Gasteiger partial charge is 0.395 e. The fourth-order valence-electron chi connectivity index (χ4n) is 3.13. The van der Waals surface area contributed by atoms with Gasteiger partial charge in [0.2, 0.25) is 0 Å². The van der Waals surface area contributed by atoms with Gasteiger partial charge in [0.15, 0.2) is 0 Å². The van der Waals surface area contributed by atoms with E-state index >= 15 is 0 Å². The lowest BCUT2D eigenvalue weighted by Crippen LogP contribution is -2.47. The van der Waals surface area contributed by atoms with E-state index in [1.165, 1.54) is 12.1 Å². The Bertz CT molecular complexity index is 926. The monoisotopic (exact) mass is 542 g/mol. The average Bonchev–Trinajstić information content (AvgIpc) is 2.73. The van der Waals surface area contributed by atoms with E-state index in [-0.39, 0.29) is 6.61 Å². The number of nitrogen functional groups attached to an aromatic ring is 2. The van der Waals surface area contributed by atoms with Crippen LogP contribution in [-0.2, 0) is 0 Å². The number of hydrogen-bond acceptors (Lipinski definition) is 11. The molecule has 11 nitrogen and oxygen atoms in total. The second-order valence-corrected chi connectivity index (χ2v) is 8.64. The first-order valence-corrected chi connectivity index (χ1v) is 11.8. The molecule has 3 aromatic rings. The van der Waals surface area contributed by atoms with Gasteiger partial charge in [0.1, 0.15) is 50.4 Å². The molecule has 0 amide bonds. The third-order valence-corrected chi connectivity index (χ3v) is 5.14. The van der Waals surface area contributed by atoms with Crippen molar-refractivity contribution in [3.05, 3.63) is 51.1 Å². The smallest absolute Gasteiger partial charge is 0.134 e. The normalized spacial score (nSPS) is 13.4. The van der Waals surface area contributed by atoms with Crippen molar-refractivity contribution in [2.75, 3.05) is 55.7 Å². The Hall–Kier alpha value is -2.57. The van der Waals surface area contributed by atoms with Crippen molar-refractivity contribution >= 4 is 52.3 Å². The SMILES string of the molecule is Cc1nc(Cl)cc(Cl)n1.Cc1nc(N)cc(Cl)n1.Cc1nc(N)cc(N2CCN(CCO)CC2)n1. The van der Waals surface area contributed by atoms with E-state index in [2.05, 4.69) is 39.7 Å². The van der Waals surface area contributed by atoms with Crippen LogP contribution >= 0.6 is 34.8 Å². The summed E-state index contributed by atoms with van der Waals surface area (Å²) in [5.41, 5.74) is 11.0. The summed E-state index contributed by atoms with van der Waals surface area (Å²) >= 11 is 16.5. The standard InChI is InChI=1S/C11H19N5O.C5H4Cl2N2.C5H6ClN3/c1-9-13-10(12)8-11(14-9)16-4-2-15(3-5-16)6-7-17;2*1-3-8-4(6)2-5(7)9-3/h8,17H,2-7H2,1H3,(H2,12,13,14);2H,1H3;2H,1H3,(H2,7,8,9). The van der Waals surface area contributed by atoms with Crippen LogP contribution in [0.4, 0.5) is 17.5 Å². The number of halogens is 3. The molecule has 0 saturated carbocycles. The lowest BCUT2D eigenvalue weighted by molar-refractivity contribution is 0.188. The minimum Gasteiger partial charge on any atom is -0.395 e. The Kier molecular flexibility index (Phi) is 11.5. The summed E-state index contributed by atoms with van der Waals surface area (Å²) in [7, 11) is 0. The molecule has 3 aromatic heterocycles. The summed E-state index contributed by atoms with van der Waals surface area (Å²) < 4.78 is 0. The van der Waals surface area contributed by atoms with Gasteiger partial charge in [0, 0.05) is 50.9 Å². The number of hydrogen-bond donors (Lipinski definition) is 3. The van der Waals surface area contributed by atoms with E-state index in [4.69, 9.17) is 51.4 Å². The van der Waals surface area contributed by atoms with Gasteiger partial charge in [-0.15, -0.1) is 0 Å². The zero-order chi connectivity index (χ0) is 26.0. The van der Waals surface area contributed by atoms with Crippen LogP contribution in [0.2, 0.25) is 15.5 Å². The van der Waals surface area contributed by atoms with E-state index in [0.717, 1.165) is 38.5 Å². The average molecular weight is 544 g/mol. The number of β-amino-alcohol motifs (C(OH)–C–C–N with tert-alkyl or cyclic N) is 1. The lowest BCUT2D eigenvalue weighted by Gasteiger charge is -2.35. The number of piperazine rings is 1. The number of anilines is 3. The lowest BCUT2D eigenvalue weighted by atomic mass is 10.3. The summed E-state index contributed by atoms with van der Waals surface area (Å²) in [4.78, 5) is 28.2. The van der Waals surface area contributed by atoms with Crippen molar-refractivity contribution in [1.29, 1.82) is 0 Å². The molecule has 5 N–H and O–H groups in total. The van der Waals surface area contributed by atoms with Crippen molar-refractivity contribution < 1.29 is 5.11 Å². The Balaban J connectivity index is 0.000000203. The predicted octanol–water partition coefficient (Wildman–Crippen LogP) is 2.59. The molecule has 1 aliphatic rings. The molecule has 4 heterocycles. The van der Waals surface area contributed by atoms with Crippen LogP contribution in [-0.4, -0.2) is 79.2 Å². The summed E-state index contributed by atoms with van der Waals surface area (Å²) in [6.07, 6.45) is 0. The third-order valence-electron chi connectivity index (χ3n) is 4.56. The van der Waals surface area contributed by atoms with Gasteiger partial charge in [-0.05, 0) is 20.8 Å². The maximum atomic E-state index is 8.88. The molecule has 0 unspecified atom stereocenters. The highest BCUT2D eigenvalue weighted by atomic mass is 35.5. The van der Waals surface area contributed by atoms with E-state index in [1.807, 2.05) is 13.0 Å². The summed E-state index contributed by atoms with van der Waals surface area (Å²) in [6.45, 7) is 10.0. The van der Waals surface area contributed by atoms with Crippen LogP contribution < -0.4 is 16.4 Å². The molecule has 1 aliphatic heterocycles. The highest BCUT2D eigenvalue weighted by Gasteiger charge is 2.18. The van der Waals surface area contributed by atoms with Crippen molar-refractivity contribution in [3.8, 4) is 0 Å². The van der Waals surface area contributed by atoms with Crippen molar-refractivity contribution in [1.82, 2.24) is 34.8 Å². The molecule has 14 heteroatoms. The molecule has 190 valence electrons. The van der Waals surface area contributed by atoms with Crippen LogP contribution in [0.1, 0.15) is 17.5 Å². The third kappa shape index (κ3) is 10.7. The molecule has 0 bridgehead atoms. The second kappa shape index (κ2) is 14.1. The van der Waals surface area contributed by atoms with Gasteiger partial charge in [-0.2, -0.15) is 0 Å². The molecule has 4 rings (SSSR count). The molecule has 35 heavy (non-hydrogen) atoms. The highest BCUT2D eigenvalue weighted by Crippen LogP contribution is 2.16.